The zero-order chi connectivity index (χ0) is 19.1. The van der Waals surface area contributed by atoms with Crippen molar-refractivity contribution >= 4 is 21.4 Å². The van der Waals surface area contributed by atoms with E-state index < -0.39 is 21.8 Å². The Hall–Kier alpha value is -2.23. The number of sulfonamides is 1. The standard InChI is InChI=1S/C16H18F3N3O3S/c1-10-15(11(2)25-20-10)26(23,24)21-13-9-12(16(17,18)19)5-6-14(13)22-7-3-4-8-22/h5-6,9,21H,3-4,7-8H2,1-2H3. The third kappa shape index (κ3) is 3.50. The maximum absolute atomic E-state index is 13.1. The highest BCUT2D eigenvalue weighted by atomic mass is 32.2. The van der Waals surface area contributed by atoms with E-state index >= 15 is 0 Å². The van der Waals surface area contributed by atoms with Crippen molar-refractivity contribution in [2.45, 2.75) is 37.8 Å². The summed E-state index contributed by atoms with van der Waals surface area (Å²) in [4.78, 5) is 1.70. The highest BCUT2D eigenvalue weighted by Gasteiger charge is 2.33. The second-order valence-corrected chi connectivity index (χ2v) is 7.80. The normalized spacial score (nSPS) is 15.5. The lowest BCUT2D eigenvalue weighted by atomic mass is 10.1. The van der Waals surface area contributed by atoms with Crippen LogP contribution in [-0.2, 0) is 16.2 Å². The Kier molecular flexibility index (Phi) is 4.63. The lowest BCUT2D eigenvalue weighted by Gasteiger charge is -2.23. The van der Waals surface area contributed by atoms with E-state index in [9.17, 15) is 21.6 Å². The molecule has 2 heterocycles. The number of rotatable bonds is 4. The van der Waals surface area contributed by atoms with E-state index in [1.807, 2.05) is 4.90 Å². The monoisotopic (exact) mass is 389 g/mol. The molecular weight excluding hydrogens is 371 g/mol. The first-order chi connectivity index (χ1) is 12.1. The van der Waals surface area contributed by atoms with Crippen LogP contribution < -0.4 is 9.62 Å². The average Bonchev–Trinajstić information content (AvgIpc) is 3.16. The van der Waals surface area contributed by atoms with Gasteiger partial charge in [-0.25, -0.2) is 8.42 Å². The third-order valence-corrected chi connectivity index (χ3v) is 5.86. The minimum Gasteiger partial charge on any atom is -0.370 e. The van der Waals surface area contributed by atoms with E-state index in [1.54, 1.807) is 0 Å². The lowest BCUT2D eigenvalue weighted by Crippen LogP contribution is -2.22. The summed E-state index contributed by atoms with van der Waals surface area (Å²) < 4.78 is 71.9. The summed E-state index contributed by atoms with van der Waals surface area (Å²) in [6, 6.07) is 3.09. The Labute approximate surface area is 149 Å². The number of aromatic nitrogens is 1. The van der Waals surface area contributed by atoms with Gasteiger partial charge in [-0.2, -0.15) is 13.2 Å². The molecule has 1 aromatic heterocycles. The molecule has 1 aromatic carbocycles. The van der Waals surface area contributed by atoms with Crippen molar-refractivity contribution in [2.75, 3.05) is 22.7 Å². The molecule has 142 valence electrons. The van der Waals surface area contributed by atoms with Crippen molar-refractivity contribution in [3.05, 3.63) is 35.2 Å². The highest BCUT2D eigenvalue weighted by Crippen LogP contribution is 2.37. The van der Waals surface area contributed by atoms with Gasteiger partial charge in [0.2, 0.25) is 0 Å². The summed E-state index contributed by atoms with van der Waals surface area (Å²) in [6.07, 6.45) is -2.78. The molecule has 0 aliphatic carbocycles. The summed E-state index contributed by atoms with van der Waals surface area (Å²) in [5, 5.41) is 3.60. The Morgan fingerprint density at radius 3 is 2.38 bits per heavy atom. The molecule has 1 N–H and O–H groups in total. The maximum atomic E-state index is 13.1. The van der Waals surface area contributed by atoms with Crippen LogP contribution >= 0.6 is 0 Å². The van der Waals surface area contributed by atoms with Crippen molar-refractivity contribution in [3.63, 3.8) is 0 Å². The zero-order valence-electron chi connectivity index (χ0n) is 14.2. The first-order valence-electron chi connectivity index (χ1n) is 8.01. The summed E-state index contributed by atoms with van der Waals surface area (Å²) in [7, 11) is -4.15. The van der Waals surface area contributed by atoms with Gasteiger partial charge in [0, 0.05) is 13.1 Å². The van der Waals surface area contributed by atoms with Gasteiger partial charge in [-0.05, 0) is 44.9 Å². The molecule has 1 saturated heterocycles. The minimum absolute atomic E-state index is 0.0738. The topological polar surface area (TPSA) is 75.4 Å². The molecule has 6 nitrogen and oxygen atoms in total. The molecule has 1 fully saturated rings. The van der Waals surface area contributed by atoms with E-state index in [-0.39, 0.29) is 22.0 Å². The molecule has 0 bridgehead atoms. The number of benzene rings is 1. The largest absolute Gasteiger partial charge is 0.416 e. The van der Waals surface area contributed by atoms with Crippen LogP contribution in [0.2, 0.25) is 0 Å². The number of nitrogens with zero attached hydrogens (tertiary/aromatic N) is 2. The van der Waals surface area contributed by atoms with Crippen molar-refractivity contribution in [1.82, 2.24) is 5.16 Å². The molecule has 0 unspecified atom stereocenters. The van der Waals surface area contributed by atoms with Crippen LogP contribution in [0, 0.1) is 13.8 Å². The molecular formula is C16H18F3N3O3S. The molecule has 1 aliphatic heterocycles. The Balaban J connectivity index is 2.06. The average molecular weight is 389 g/mol. The molecule has 1 aliphatic rings. The van der Waals surface area contributed by atoms with Crippen LogP contribution in [-0.4, -0.2) is 26.7 Å². The van der Waals surface area contributed by atoms with E-state index in [0.29, 0.717) is 18.8 Å². The van der Waals surface area contributed by atoms with Crippen molar-refractivity contribution < 1.29 is 26.1 Å². The van der Waals surface area contributed by atoms with Crippen LogP contribution in [0.1, 0.15) is 29.9 Å². The van der Waals surface area contributed by atoms with E-state index in [0.717, 1.165) is 25.0 Å². The Bertz CT molecular complexity index is 897. The molecule has 0 atom stereocenters. The second kappa shape index (κ2) is 6.49. The summed E-state index contributed by atoms with van der Waals surface area (Å²) in [5.41, 5.74) is -0.464. The van der Waals surface area contributed by atoms with Gasteiger partial charge in [-0.1, -0.05) is 5.16 Å². The first-order valence-corrected chi connectivity index (χ1v) is 9.50. The van der Waals surface area contributed by atoms with E-state index in [1.165, 1.54) is 19.9 Å². The predicted octanol–water partition coefficient (Wildman–Crippen LogP) is 3.71. The summed E-state index contributed by atoms with van der Waals surface area (Å²) in [5.74, 6) is 0.0738. The van der Waals surface area contributed by atoms with E-state index in [2.05, 4.69) is 9.88 Å². The van der Waals surface area contributed by atoms with Gasteiger partial charge in [-0.3, -0.25) is 4.72 Å². The SMILES string of the molecule is Cc1noc(C)c1S(=O)(=O)Nc1cc(C(F)(F)F)ccc1N1CCCC1. The van der Waals surface area contributed by atoms with Gasteiger partial charge in [0.15, 0.2) is 10.7 Å². The fourth-order valence-electron chi connectivity index (χ4n) is 3.08. The van der Waals surface area contributed by atoms with E-state index in [4.69, 9.17) is 4.52 Å². The molecule has 26 heavy (non-hydrogen) atoms. The van der Waals surface area contributed by atoms with Gasteiger partial charge >= 0.3 is 6.18 Å². The third-order valence-electron chi connectivity index (χ3n) is 4.25. The van der Waals surface area contributed by atoms with Crippen molar-refractivity contribution in [2.24, 2.45) is 0 Å². The maximum Gasteiger partial charge on any atom is 0.416 e. The zero-order valence-corrected chi connectivity index (χ0v) is 15.0. The Morgan fingerprint density at radius 1 is 1.19 bits per heavy atom. The number of nitrogens with one attached hydrogen (secondary N) is 1. The quantitative estimate of drug-likeness (QED) is 0.863. The molecule has 3 rings (SSSR count). The number of hydrogen-bond donors (Lipinski definition) is 1. The predicted molar refractivity (Wildman–Crippen MR) is 89.7 cm³/mol. The molecule has 0 saturated carbocycles. The molecule has 0 amide bonds. The van der Waals surface area contributed by atoms with Crippen LogP contribution in [0.3, 0.4) is 0 Å². The molecule has 0 spiro atoms. The van der Waals surface area contributed by atoms with Gasteiger partial charge in [-0.15, -0.1) is 0 Å². The van der Waals surface area contributed by atoms with Gasteiger partial charge < -0.3 is 9.42 Å². The summed E-state index contributed by atoms with van der Waals surface area (Å²) in [6.45, 7) is 4.21. The lowest BCUT2D eigenvalue weighted by molar-refractivity contribution is -0.137. The van der Waals surface area contributed by atoms with Gasteiger partial charge in [0.25, 0.3) is 10.0 Å². The number of alkyl halides is 3. The fourth-order valence-corrected chi connectivity index (χ4v) is 4.48. The molecule has 0 radical (unpaired) electrons. The Morgan fingerprint density at radius 2 is 1.85 bits per heavy atom. The smallest absolute Gasteiger partial charge is 0.370 e. The number of anilines is 2. The van der Waals surface area contributed by atoms with Crippen molar-refractivity contribution in [3.8, 4) is 0 Å². The number of aryl methyl sites for hydroxylation is 2. The number of halogens is 3. The highest BCUT2D eigenvalue weighted by molar-refractivity contribution is 7.92. The first kappa shape index (κ1) is 18.6. The number of hydrogen-bond acceptors (Lipinski definition) is 5. The van der Waals surface area contributed by atoms with Crippen LogP contribution in [0.25, 0.3) is 0 Å². The molecule has 2 aromatic rings. The van der Waals surface area contributed by atoms with Crippen LogP contribution in [0.15, 0.2) is 27.6 Å². The summed E-state index contributed by atoms with van der Waals surface area (Å²) >= 11 is 0. The molecule has 10 heteroatoms. The minimum atomic E-state index is -4.58. The van der Waals surface area contributed by atoms with Crippen LogP contribution in [0.4, 0.5) is 24.5 Å². The fraction of sp³-hybridized carbons (Fsp3) is 0.438. The second-order valence-electron chi connectivity index (χ2n) is 6.18. The van der Waals surface area contributed by atoms with Gasteiger partial charge in [0.05, 0.1) is 16.9 Å². The van der Waals surface area contributed by atoms with Gasteiger partial charge in [0.1, 0.15) is 5.69 Å². The van der Waals surface area contributed by atoms with Crippen LogP contribution in [0.5, 0.6) is 0 Å². The van der Waals surface area contributed by atoms with Crippen molar-refractivity contribution in [1.29, 1.82) is 0 Å².